The van der Waals surface area contributed by atoms with Crippen molar-refractivity contribution in [1.29, 1.82) is 0 Å². The smallest absolute Gasteiger partial charge is 0.263 e. The molecule has 1 amide bonds. The number of carbonyl (C=O) groups is 1. The molecule has 0 saturated heterocycles. The molecule has 0 fully saturated rings. The molecule has 1 heterocycles. The second-order valence-corrected chi connectivity index (χ2v) is 8.58. The molecule has 29 heavy (non-hydrogen) atoms. The third-order valence-corrected chi connectivity index (χ3v) is 6.24. The number of para-hydroxylation sites is 2. The molecule has 1 aliphatic heterocycles. The van der Waals surface area contributed by atoms with E-state index in [1.165, 1.54) is 4.31 Å². The summed E-state index contributed by atoms with van der Waals surface area (Å²) in [4.78, 5) is 12.6. The molecule has 0 saturated carbocycles. The number of rotatable bonds is 9. The molecule has 1 atom stereocenters. The molecule has 3 rings (SSSR count). The summed E-state index contributed by atoms with van der Waals surface area (Å²) in [5.74, 6) is -0.106. The van der Waals surface area contributed by atoms with Crippen LogP contribution in [0, 0.1) is 0 Å². The van der Waals surface area contributed by atoms with Gasteiger partial charge in [0.05, 0.1) is 18.0 Å². The number of anilines is 1. The van der Waals surface area contributed by atoms with Crippen molar-refractivity contribution >= 4 is 21.6 Å². The molecule has 1 aliphatic rings. The van der Waals surface area contributed by atoms with E-state index in [1.807, 2.05) is 13.0 Å². The lowest BCUT2D eigenvalue weighted by Gasteiger charge is -2.34. The number of nitrogens with one attached hydrogen (secondary N) is 1. The molecule has 2 aromatic carbocycles. The second kappa shape index (κ2) is 9.76. The first-order chi connectivity index (χ1) is 14.0. The van der Waals surface area contributed by atoms with Gasteiger partial charge in [-0.25, -0.2) is 8.42 Å². The van der Waals surface area contributed by atoms with Crippen LogP contribution < -0.4 is 14.4 Å². The first kappa shape index (κ1) is 21.1. The Hall–Kier alpha value is -2.58. The minimum Gasteiger partial charge on any atom is -0.476 e. The maximum atomic E-state index is 13.1. The van der Waals surface area contributed by atoms with Crippen LogP contribution in [0.3, 0.4) is 0 Å². The fourth-order valence-electron chi connectivity index (χ4n) is 3.11. The van der Waals surface area contributed by atoms with Gasteiger partial charge in [-0.1, -0.05) is 42.5 Å². The molecular weight excluding hydrogens is 392 g/mol. The lowest BCUT2D eigenvalue weighted by atomic mass is 10.2. The molecule has 0 radical (unpaired) electrons. The first-order valence-electron chi connectivity index (χ1n) is 9.66. The fraction of sp³-hybridized carbons (Fsp3) is 0.381. The van der Waals surface area contributed by atoms with Crippen LogP contribution in [0.25, 0.3) is 0 Å². The molecule has 156 valence electrons. The van der Waals surface area contributed by atoms with Crippen molar-refractivity contribution in [1.82, 2.24) is 5.32 Å². The molecule has 0 aromatic heterocycles. The maximum Gasteiger partial charge on any atom is 0.263 e. The Kier molecular flexibility index (Phi) is 7.11. The quantitative estimate of drug-likeness (QED) is 0.632. The zero-order chi connectivity index (χ0) is 20.7. The Balaban J connectivity index is 1.75. The summed E-state index contributed by atoms with van der Waals surface area (Å²) in [5.41, 5.74) is 1.14. The SMILES string of the molecule is CCOCCCNC(=O)[C@@H]1CN(S(=O)(=O)Cc2ccccc2)c2ccccc2O1. The van der Waals surface area contributed by atoms with Gasteiger partial charge in [-0.2, -0.15) is 0 Å². The average Bonchev–Trinajstić information content (AvgIpc) is 2.73. The number of benzene rings is 2. The summed E-state index contributed by atoms with van der Waals surface area (Å²) in [7, 11) is -3.70. The summed E-state index contributed by atoms with van der Waals surface area (Å²) in [6.45, 7) is 3.48. The van der Waals surface area contributed by atoms with Crippen molar-refractivity contribution in [3.8, 4) is 5.75 Å². The van der Waals surface area contributed by atoms with Gasteiger partial charge in [0.1, 0.15) is 5.75 Å². The monoisotopic (exact) mass is 418 g/mol. The van der Waals surface area contributed by atoms with Gasteiger partial charge in [-0.05, 0) is 31.0 Å². The standard InChI is InChI=1S/C21H26N2O5S/c1-2-27-14-8-13-22-21(24)20-15-23(18-11-6-7-12-19(18)28-20)29(25,26)16-17-9-4-3-5-10-17/h3-7,9-12,20H,2,8,13-16H2,1H3,(H,22,24)/t20-/m0/s1. The predicted molar refractivity (Wildman–Crippen MR) is 111 cm³/mol. The Morgan fingerprint density at radius 1 is 1.17 bits per heavy atom. The number of hydrogen-bond acceptors (Lipinski definition) is 5. The highest BCUT2D eigenvalue weighted by Gasteiger charge is 2.36. The molecule has 1 N–H and O–H groups in total. The van der Waals surface area contributed by atoms with Gasteiger partial charge in [-0.15, -0.1) is 0 Å². The van der Waals surface area contributed by atoms with Crippen LogP contribution in [0.2, 0.25) is 0 Å². The number of nitrogens with zero attached hydrogens (tertiary/aromatic N) is 1. The Morgan fingerprint density at radius 2 is 1.90 bits per heavy atom. The Bertz CT molecular complexity index is 918. The lowest BCUT2D eigenvalue weighted by molar-refractivity contribution is -0.127. The summed E-state index contributed by atoms with van der Waals surface area (Å²) >= 11 is 0. The third-order valence-electron chi connectivity index (χ3n) is 4.52. The zero-order valence-corrected chi connectivity index (χ0v) is 17.2. The van der Waals surface area contributed by atoms with E-state index in [0.717, 1.165) is 0 Å². The van der Waals surface area contributed by atoms with Crippen LogP contribution in [0.15, 0.2) is 54.6 Å². The minimum atomic E-state index is -3.70. The lowest BCUT2D eigenvalue weighted by Crippen LogP contribution is -2.51. The topological polar surface area (TPSA) is 84.9 Å². The van der Waals surface area contributed by atoms with Crippen LogP contribution in [-0.2, 0) is 25.3 Å². The predicted octanol–water partition coefficient (Wildman–Crippen LogP) is 2.33. The van der Waals surface area contributed by atoms with Gasteiger partial charge >= 0.3 is 0 Å². The molecule has 0 unspecified atom stereocenters. The molecular formula is C21H26N2O5S. The fourth-order valence-corrected chi connectivity index (χ4v) is 4.69. The van der Waals surface area contributed by atoms with Gasteiger partial charge in [0.2, 0.25) is 10.0 Å². The van der Waals surface area contributed by atoms with Crippen molar-refractivity contribution in [2.45, 2.75) is 25.2 Å². The van der Waals surface area contributed by atoms with E-state index in [2.05, 4.69) is 5.32 Å². The zero-order valence-electron chi connectivity index (χ0n) is 16.4. The highest BCUT2D eigenvalue weighted by molar-refractivity contribution is 7.92. The molecule has 7 nitrogen and oxygen atoms in total. The summed E-state index contributed by atoms with van der Waals surface area (Å²) < 4.78 is 38.6. The minimum absolute atomic E-state index is 0.0660. The number of amides is 1. The van der Waals surface area contributed by atoms with Crippen molar-refractivity contribution < 1.29 is 22.7 Å². The van der Waals surface area contributed by atoms with E-state index in [-0.39, 0.29) is 18.2 Å². The van der Waals surface area contributed by atoms with Crippen LogP contribution in [-0.4, -0.2) is 46.7 Å². The van der Waals surface area contributed by atoms with E-state index < -0.39 is 16.1 Å². The van der Waals surface area contributed by atoms with E-state index in [1.54, 1.807) is 48.5 Å². The van der Waals surface area contributed by atoms with E-state index >= 15 is 0 Å². The largest absolute Gasteiger partial charge is 0.476 e. The number of fused-ring (bicyclic) bond motifs is 1. The summed E-state index contributed by atoms with van der Waals surface area (Å²) in [6.07, 6.45) is -0.235. The Morgan fingerprint density at radius 3 is 2.66 bits per heavy atom. The normalized spacial score (nSPS) is 16.0. The van der Waals surface area contributed by atoms with Crippen LogP contribution in [0.5, 0.6) is 5.75 Å². The van der Waals surface area contributed by atoms with Crippen LogP contribution >= 0.6 is 0 Å². The second-order valence-electron chi connectivity index (χ2n) is 6.69. The van der Waals surface area contributed by atoms with Gasteiger partial charge in [0.15, 0.2) is 6.10 Å². The summed E-state index contributed by atoms with van der Waals surface area (Å²) in [5, 5.41) is 2.80. The third kappa shape index (κ3) is 5.48. The van der Waals surface area contributed by atoms with E-state index in [0.29, 0.717) is 43.2 Å². The molecule has 8 heteroatoms. The highest BCUT2D eigenvalue weighted by Crippen LogP contribution is 2.35. The van der Waals surface area contributed by atoms with Crippen LogP contribution in [0.4, 0.5) is 5.69 Å². The number of carbonyl (C=O) groups excluding carboxylic acids is 1. The van der Waals surface area contributed by atoms with Crippen molar-refractivity contribution in [2.24, 2.45) is 0 Å². The molecule has 0 bridgehead atoms. The van der Waals surface area contributed by atoms with Crippen molar-refractivity contribution in [3.05, 3.63) is 60.2 Å². The summed E-state index contributed by atoms with van der Waals surface area (Å²) in [6, 6.07) is 15.9. The molecule has 0 aliphatic carbocycles. The number of sulfonamides is 1. The number of ether oxygens (including phenoxy) is 2. The van der Waals surface area contributed by atoms with E-state index in [4.69, 9.17) is 9.47 Å². The van der Waals surface area contributed by atoms with Gasteiger partial charge < -0.3 is 14.8 Å². The average molecular weight is 419 g/mol. The van der Waals surface area contributed by atoms with Crippen molar-refractivity contribution in [3.63, 3.8) is 0 Å². The molecule has 0 spiro atoms. The van der Waals surface area contributed by atoms with Gasteiger partial charge in [0.25, 0.3) is 5.91 Å². The van der Waals surface area contributed by atoms with Gasteiger partial charge in [0, 0.05) is 19.8 Å². The first-order valence-corrected chi connectivity index (χ1v) is 11.3. The van der Waals surface area contributed by atoms with Crippen molar-refractivity contribution in [2.75, 3.05) is 30.6 Å². The maximum absolute atomic E-state index is 13.1. The van der Waals surface area contributed by atoms with Crippen LogP contribution in [0.1, 0.15) is 18.9 Å². The Labute approximate surface area is 171 Å². The van der Waals surface area contributed by atoms with E-state index in [9.17, 15) is 13.2 Å². The number of hydrogen-bond donors (Lipinski definition) is 1. The molecule has 2 aromatic rings. The highest BCUT2D eigenvalue weighted by atomic mass is 32.2. The van der Waals surface area contributed by atoms with Gasteiger partial charge in [-0.3, -0.25) is 9.10 Å².